The van der Waals surface area contributed by atoms with E-state index in [9.17, 15) is 0 Å². The molecule has 0 amide bonds. The molecular formula is C18H38N4O2. The number of likely N-dealkylation sites (N-methyl/N-ethyl adjacent to an activating group) is 1. The van der Waals surface area contributed by atoms with Gasteiger partial charge in [0, 0.05) is 46.9 Å². The van der Waals surface area contributed by atoms with Crippen LogP contribution in [0.2, 0.25) is 0 Å². The molecule has 0 aliphatic heterocycles. The van der Waals surface area contributed by atoms with Crippen LogP contribution in [0.25, 0.3) is 0 Å². The summed E-state index contributed by atoms with van der Waals surface area (Å²) >= 11 is 0. The van der Waals surface area contributed by atoms with Crippen LogP contribution in [-0.2, 0) is 9.47 Å². The first-order chi connectivity index (χ1) is 11.8. The first-order valence-electron chi connectivity index (χ1n) is 9.50. The van der Waals surface area contributed by atoms with Crippen molar-refractivity contribution in [1.82, 2.24) is 15.5 Å². The van der Waals surface area contributed by atoms with E-state index in [1.165, 1.54) is 38.5 Å². The lowest BCUT2D eigenvalue weighted by molar-refractivity contribution is 0.0468. The highest BCUT2D eigenvalue weighted by atomic mass is 16.5. The third-order valence-corrected chi connectivity index (χ3v) is 4.45. The Balaban J connectivity index is 2.03. The van der Waals surface area contributed by atoms with Gasteiger partial charge in [0.15, 0.2) is 5.96 Å². The Morgan fingerprint density at radius 3 is 2.42 bits per heavy atom. The van der Waals surface area contributed by atoms with Crippen LogP contribution in [0, 0.1) is 0 Å². The summed E-state index contributed by atoms with van der Waals surface area (Å²) in [5.41, 5.74) is 0. The Bertz CT molecular complexity index is 318. The smallest absolute Gasteiger partial charge is 0.191 e. The van der Waals surface area contributed by atoms with Crippen molar-refractivity contribution in [1.29, 1.82) is 0 Å². The number of rotatable bonds is 11. The molecule has 1 aliphatic carbocycles. The monoisotopic (exact) mass is 342 g/mol. The summed E-state index contributed by atoms with van der Waals surface area (Å²) in [6, 6.07) is 0. The van der Waals surface area contributed by atoms with Gasteiger partial charge in [-0.05, 0) is 26.3 Å². The molecule has 0 aromatic heterocycles. The maximum absolute atomic E-state index is 5.99. The van der Waals surface area contributed by atoms with Crippen molar-refractivity contribution in [3.8, 4) is 0 Å². The van der Waals surface area contributed by atoms with E-state index in [2.05, 4.69) is 27.6 Å². The van der Waals surface area contributed by atoms with Crippen LogP contribution in [0.5, 0.6) is 0 Å². The van der Waals surface area contributed by atoms with Crippen molar-refractivity contribution in [2.24, 2.45) is 4.99 Å². The molecule has 1 rings (SSSR count). The minimum atomic E-state index is 0.463. The summed E-state index contributed by atoms with van der Waals surface area (Å²) in [4.78, 5) is 6.56. The average Bonchev–Trinajstić information content (AvgIpc) is 2.86. The zero-order valence-electron chi connectivity index (χ0n) is 16.0. The van der Waals surface area contributed by atoms with Crippen molar-refractivity contribution in [3.63, 3.8) is 0 Å². The Hall–Kier alpha value is -0.850. The zero-order chi connectivity index (χ0) is 17.5. The highest BCUT2D eigenvalue weighted by molar-refractivity contribution is 5.79. The van der Waals surface area contributed by atoms with Gasteiger partial charge in [0.1, 0.15) is 0 Å². The summed E-state index contributed by atoms with van der Waals surface area (Å²) in [6.07, 6.45) is 9.36. The molecule has 1 fully saturated rings. The van der Waals surface area contributed by atoms with E-state index in [1.807, 2.05) is 7.05 Å². The SMILES string of the molecule is CN=C(NCCOC1CCCCCC1)NCCN(C)CCCOC. The normalized spacial score (nSPS) is 17.1. The van der Waals surface area contributed by atoms with Crippen molar-refractivity contribution < 1.29 is 9.47 Å². The topological polar surface area (TPSA) is 58.1 Å². The predicted molar refractivity (Wildman–Crippen MR) is 101 cm³/mol. The molecule has 0 bridgehead atoms. The molecule has 142 valence electrons. The predicted octanol–water partition coefficient (Wildman–Crippen LogP) is 1.86. The quantitative estimate of drug-likeness (QED) is 0.260. The van der Waals surface area contributed by atoms with Crippen LogP contribution in [0.3, 0.4) is 0 Å². The summed E-state index contributed by atoms with van der Waals surface area (Å²) in [6.45, 7) is 5.30. The van der Waals surface area contributed by atoms with Crippen LogP contribution in [0.15, 0.2) is 4.99 Å². The Morgan fingerprint density at radius 2 is 1.75 bits per heavy atom. The molecule has 0 unspecified atom stereocenters. The maximum atomic E-state index is 5.99. The van der Waals surface area contributed by atoms with Crippen molar-refractivity contribution in [2.75, 3.05) is 60.6 Å². The second-order valence-corrected chi connectivity index (χ2v) is 6.56. The molecule has 0 aromatic carbocycles. The van der Waals surface area contributed by atoms with Crippen molar-refractivity contribution >= 4 is 5.96 Å². The summed E-state index contributed by atoms with van der Waals surface area (Å²) < 4.78 is 11.1. The summed E-state index contributed by atoms with van der Waals surface area (Å²) in [5, 5.41) is 6.68. The van der Waals surface area contributed by atoms with Gasteiger partial charge in [0.2, 0.25) is 0 Å². The lowest BCUT2D eigenvalue weighted by Crippen LogP contribution is -2.42. The molecule has 0 aromatic rings. The number of methoxy groups -OCH3 is 1. The van der Waals surface area contributed by atoms with Gasteiger partial charge in [-0.3, -0.25) is 4.99 Å². The first-order valence-corrected chi connectivity index (χ1v) is 9.50. The van der Waals surface area contributed by atoms with E-state index in [0.717, 1.165) is 51.8 Å². The van der Waals surface area contributed by atoms with Gasteiger partial charge >= 0.3 is 0 Å². The van der Waals surface area contributed by atoms with Gasteiger partial charge in [-0.25, -0.2) is 0 Å². The highest BCUT2D eigenvalue weighted by Gasteiger charge is 2.12. The van der Waals surface area contributed by atoms with Gasteiger partial charge in [0.05, 0.1) is 12.7 Å². The molecule has 6 nitrogen and oxygen atoms in total. The van der Waals surface area contributed by atoms with E-state index in [-0.39, 0.29) is 0 Å². The van der Waals surface area contributed by atoms with E-state index in [1.54, 1.807) is 7.11 Å². The van der Waals surface area contributed by atoms with Gasteiger partial charge in [-0.1, -0.05) is 25.7 Å². The Labute approximate surface area is 148 Å². The van der Waals surface area contributed by atoms with E-state index < -0.39 is 0 Å². The van der Waals surface area contributed by atoms with Crippen LogP contribution in [-0.4, -0.2) is 77.6 Å². The maximum Gasteiger partial charge on any atom is 0.191 e. The first kappa shape index (κ1) is 21.2. The van der Waals surface area contributed by atoms with Crippen LogP contribution in [0.1, 0.15) is 44.9 Å². The number of hydrogen-bond acceptors (Lipinski definition) is 4. The van der Waals surface area contributed by atoms with Crippen molar-refractivity contribution in [2.45, 2.75) is 51.0 Å². The number of hydrogen-bond donors (Lipinski definition) is 2. The lowest BCUT2D eigenvalue weighted by atomic mass is 10.1. The second kappa shape index (κ2) is 14.5. The third kappa shape index (κ3) is 10.8. The number of nitrogens with zero attached hydrogens (tertiary/aromatic N) is 2. The van der Waals surface area contributed by atoms with Gasteiger partial charge < -0.3 is 25.0 Å². The molecule has 0 heterocycles. The third-order valence-electron chi connectivity index (χ3n) is 4.45. The minimum Gasteiger partial charge on any atom is -0.385 e. The highest BCUT2D eigenvalue weighted by Crippen LogP contribution is 2.19. The van der Waals surface area contributed by atoms with Crippen LogP contribution in [0.4, 0.5) is 0 Å². The molecule has 1 aliphatic rings. The van der Waals surface area contributed by atoms with E-state index >= 15 is 0 Å². The van der Waals surface area contributed by atoms with Crippen LogP contribution < -0.4 is 10.6 Å². The standard InChI is InChI=1S/C18H38N4O2/c1-19-18(20-11-14-22(2)13-8-15-23-3)21-12-16-24-17-9-6-4-5-7-10-17/h17H,4-16H2,1-3H3,(H2,19,20,21). The molecule has 24 heavy (non-hydrogen) atoms. The number of aliphatic imine (C=N–C) groups is 1. The molecule has 0 saturated heterocycles. The fourth-order valence-electron chi connectivity index (χ4n) is 2.98. The number of guanidine groups is 1. The van der Waals surface area contributed by atoms with Crippen LogP contribution >= 0.6 is 0 Å². The van der Waals surface area contributed by atoms with Gasteiger partial charge in [-0.2, -0.15) is 0 Å². The van der Waals surface area contributed by atoms with Gasteiger partial charge in [-0.15, -0.1) is 0 Å². The lowest BCUT2D eigenvalue weighted by Gasteiger charge is -2.19. The largest absolute Gasteiger partial charge is 0.385 e. The molecular weight excluding hydrogens is 304 g/mol. The summed E-state index contributed by atoms with van der Waals surface area (Å²) in [5.74, 6) is 0.852. The Kier molecular flexibility index (Phi) is 12.8. The molecule has 1 saturated carbocycles. The minimum absolute atomic E-state index is 0.463. The Morgan fingerprint density at radius 1 is 1.04 bits per heavy atom. The van der Waals surface area contributed by atoms with E-state index in [0.29, 0.717) is 6.10 Å². The average molecular weight is 343 g/mol. The van der Waals surface area contributed by atoms with Gasteiger partial charge in [0.25, 0.3) is 0 Å². The zero-order valence-corrected chi connectivity index (χ0v) is 16.0. The number of nitrogens with one attached hydrogen (secondary N) is 2. The molecule has 0 radical (unpaired) electrons. The second-order valence-electron chi connectivity index (χ2n) is 6.56. The molecule has 6 heteroatoms. The summed E-state index contributed by atoms with van der Waals surface area (Å²) in [7, 11) is 5.69. The number of ether oxygens (including phenoxy) is 2. The fourth-order valence-corrected chi connectivity index (χ4v) is 2.98. The fraction of sp³-hybridized carbons (Fsp3) is 0.944. The molecule has 0 spiro atoms. The molecule has 2 N–H and O–H groups in total. The van der Waals surface area contributed by atoms with Crippen molar-refractivity contribution in [3.05, 3.63) is 0 Å². The molecule has 0 atom stereocenters. The van der Waals surface area contributed by atoms with E-state index in [4.69, 9.17) is 9.47 Å².